The van der Waals surface area contributed by atoms with Crippen molar-refractivity contribution in [1.29, 1.82) is 0 Å². The van der Waals surface area contributed by atoms with E-state index in [9.17, 15) is 14.4 Å². The highest BCUT2D eigenvalue weighted by atomic mass is 16.5. The molecule has 0 radical (unpaired) electrons. The monoisotopic (exact) mass is 425 g/mol. The zero-order valence-corrected chi connectivity index (χ0v) is 18.5. The number of hydrogen-bond acceptors (Lipinski definition) is 4. The number of methoxy groups -OCH3 is 1. The molecular weight excluding hydrogens is 394 g/mol. The zero-order valence-electron chi connectivity index (χ0n) is 18.5. The second-order valence-corrected chi connectivity index (χ2v) is 8.09. The van der Waals surface area contributed by atoms with Gasteiger partial charge in [0, 0.05) is 25.3 Å². The molecule has 1 fully saturated rings. The van der Waals surface area contributed by atoms with E-state index in [4.69, 9.17) is 4.74 Å². The van der Waals surface area contributed by atoms with E-state index in [0.717, 1.165) is 25.7 Å². The minimum Gasteiger partial charge on any atom is -0.465 e. The first-order valence-corrected chi connectivity index (χ1v) is 10.8. The lowest BCUT2D eigenvalue weighted by molar-refractivity contribution is -0.126. The van der Waals surface area contributed by atoms with E-state index in [2.05, 4.69) is 22.4 Å². The quantitative estimate of drug-likeness (QED) is 0.527. The van der Waals surface area contributed by atoms with E-state index in [1.807, 2.05) is 18.2 Å². The van der Waals surface area contributed by atoms with E-state index >= 15 is 0 Å². The fourth-order valence-corrected chi connectivity index (χ4v) is 4.20. The summed E-state index contributed by atoms with van der Waals surface area (Å²) < 4.78 is 4.82. The van der Waals surface area contributed by atoms with Gasteiger partial charge in [-0.1, -0.05) is 30.3 Å². The fraction of sp³-hybridized carbons (Fsp3) is 0.458. The van der Waals surface area contributed by atoms with Crippen molar-refractivity contribution in [3.05, 3.63) is 58.4 Å². The van der Waals surface area contributed by atoms with Gasteiger partial charge < -0.3 is 19.9 Å². The number of nitrogens with zero attached hydrogens (tertiary/aromatic N) is 1. The molecule has 31 heavy (non-hydrogen) atoms. The summed E-state index contributed by atoms with van der Waals surface area (Å²) >= 11 is 0. The van der Waals surface area contributed by atoms with Gasteiger partial charge in [0.2, 0.25) is 5.91 Å². The van der Waals surface area contributed by atoms with Gasteiger partial charge >= 0.3 is 5.97 Å². The molecule has 7 heteroatoms. The van der Waals surface area contributed by atoms with Crippen molar-refractivity contribution < 1.29 is 19.1 Å². The minimum absolute atomic E-state index is 0.000185. The number of hydrogen-bond donors (Lipinski definition) is 2. The van der Waals surface area contributed by atoms with Crippen LogP contribution in [-0.2, 0) is 16.0 Å². The van der Waals surface area contributed by atoms with Gasteiger partial charge in [0.1, 0.15) is 5.69 Å². The number of carbonyl (C=O) groups is 3. The Balaban J connectivity index is 1.55. The van der Waals surface area contributed by atoms with Gasteiger partial charge in [0.05, 0.1) is 18.6 Å². The number of aromatic amines is 1. The van der Waals surface area contributed by atoms with Crippen LogP contribution in [0.2, 0.25) is 0 Å². The van der Waals surface area contributed by atoms with Gasteiger partial charge in [0.15, 0.2) is 0 Å². The molecular formula is C24H31N3O4. The van der Waals surface area contributed by atoms with Crippen LogP contribution in [-0.4, -0.2) is 54.4 Å². The predicted molar refractivity (Wildman–Crippen MR) is 118 cm³/mol. The average molecular weight is 426 g/mol. The number of esters is 1. The number of likely N-dealkylation sites (tertiary alicyclic amines) is 1. The third kappa shape index (κ3) is 5.34. The standard InChI is InChI=1S/C24H31N3O4/c1-16-20(24(30)31-3)17(2)26-21(16)23(29)27-14-8-12-19(15-27)22(28)25-13-7-11-18-9-5-4-6-10-18/h4-6,9-10,19,26H,7-8,11-15H2,1-3H3,(H,25,28). The molecule has 7 nitrogen and oxygen atoms in total. The average Bonchev–Trinajstić information content (AvgIpc) is 3.10. The number of aromatic nitrogens is 1. The maximum absolute atomic E-state index is 13.1. The van der Waals surface area contributed by atoms with Gasteiger partial charge in [-0.2, -0.15) is 0 Å². The summed E-state index contributed by atoms with van der Waals surface area (Å²) in [5.41, 5.74) is 3.24. The van der Waals surface area contributed by atoms with Crippen LogP contribution < -0.4 is 5.32 Å². The van der Waals surface area contributed by atoms with Crippen LogP contribution in [0.5, 0.6) is 0 Å². The Hall–Kier alpha value is -3.09. The molecule has 0 bridgehead atoms. The Morgan fingerprint density at radius 2 is 1.94 bits per heavy atom. The number of ether oxygens (including phenoxy) is 1. The van der Waals surface area contributed by atoms with Crippen molar-refractivity contribution in [3.8, 4) is 0 Å². The number of benzene rings is 1. The highest BCUT2D eigenvalue weighted by Gasteiger charge is 2.31. The van der Waals surface area contributed by atoms with E-state index in [0.29, 0.717) is 42.1 Å². The van der Waals surface area contributed by atoms with Crippen molar-refractivity contribution in [1.82, 2.24) is 15.2 Å². The summed E-state index contributed by atoms with van der Waals surface area (Å²) in [5, 5.41) is 3.02. The topological polar surface area (TPSA) is 91.5 Å². The summed E-state index contributed by atoms with van der Waals surface area (Å²) in [6.07, 6.45) is 3.34. The first-order valence-electron chi connectivity index (χ1n) is 10.8. The molecule has 3 rings (SSSR count). The molecule has 2 amide bonds. The molecule has 1 aromatic carbocycles. The molecule has 2 N–H and O–H groups in total. The number of nitrogens with one attached hydrogen (secondary N) is 2. The second-order valence-electron chi connectivity index (χ2n) is 8.09. The van der Waals surface area contributed by atoms with Crippen LogP contribution >= 0.6 is 0 Å². The van der Waals surface area contributed by atoms with E-state index < -0.39 is 5.97 Å². The molecule has 2 heterocycles. The summed E-state index contributed by atoms with van der Waals surface area (Å²) in [6.45, 7) is 5.09. The highest BCUT2D eigenvalue weighted by molar-refractivity contribution is 6.00. The molecule has 1 saturated heterocycles. The van der Waals surface area contributed by atoms with Crippen LogP contribution in [0.15, 0.2) is 30.3 Å². The summed E-state index contributed by atoms with van der Waals surface area (Å²) in [7, 11) is 1.32. The number of piperidine rings is 1. The maximum atomic E-state index is 13.1. The lowest BCUT2D eigenvalue weighted by Crippen LogP contribution is -2.45. The molecule has 1 aliphatic rings. The van der Waals surface area contributed by atoms with Gasteiger partial charge in [0.25, 0.3) is 5.91 Å². The second kappa shape index (κ2) is 10.3. The first kappa shape index (κ1) is 22.6. The zero-order chi connectivity index (χ0) is 22.4. The van der Waals surface area contributed by atoms with Crippen molar-refractivity contribution in [2.75, 3.05) is 26.7 Å². The van der Waals surface area contributed by atoms with Crippen LogP contribution in [0, 0.1) is 19.8 Å². The van der Waals surface area contributed by atoms with Crippen molar-refractivity contribution in [2.24, 2.45) is 5.92 Å². The summed E-state index contributed by atoms with van der Waals surface area (Å²) in [4.78, 5) is 42.5. The maximum Gasteiger partial charge on any atom is 0.339 e. The number of rotatable bonds is 7. The lowest BCUT2D eigenvalue weighted by Gasteiger charge is -2.32. The molecule has 1 aliphatic heterocycles. The minimum atomic E-state index is -0.461. The molecule has 0 spiro atoms. The van der Waals surface area contributed by atoms with E-state index in [1.165, 1.54) is 12.7 Å². The number of aryl methyl sites for hydroxylation is 2. The van der Waals surface area contributed by atoms with Crippen molar-refractivity contribution in [2.45, 2.75) is 39.5 Å². The van der Waals surface area contributed by atoms with Gasteiger partial charge in [-0.3, -0.25) is 9.59 Å². The SMILES string of the molecule is COC(=O)c1c(C)[nH]c(C(=O)N2CCCC(C(=O)NCCCc3ccccc3)C2)c1C. The highest BCUT2D eigenvalue weighted by Crippen LogP contribution is 2.23. The van der Waals surface area contributed by atoms with Gasteiger partial charge in [-0.05, 0) is 50.7 Å². The molecule has 1 aromatic heterocycles. The first-order chi connectivity index (χ1) is 14.9. The van der Waals surface area contributed by atoms with Crippen molar-refractivity contribution in [3.63, 3.8) is 0 Å². The fourth-order valence-electron chi connectivity index (χ4n) is 4.20. The predicted octanol–water partition coefficient (Wildman–Crippen LogP) is 3.02. The third-order valence-electron chi connectivity index (χ3n) is 5.90. The van der Waals surface area contributed by atoms with Crippen LogP contribution in [0.3, 0.4) is 0 Å². The van der Waals surface area contributed by atoms with Crippen molar-refractivity contribution >= 4 is 17.8 Å². The Labute approximate surface area is 183 Å². The summed E-state index contributed by atoms with van der Waals surface area (Å²) in [6, 6.07) is 10.2. The van der Waals surface area contributed by atoms with E-state index in [-0.39, 0.29) is 17.7 Å². The van der Waals surface area contributed by atoms with Gasteiger partial charge in [-0.25, -0.2) is 4.79 Å². The smallest absolute Gasteiger partial charge is 0.339 e. The molecule has 1 atom stereocenters. The number of carbonyl (C=O) groups excluding carboxylic acids is 3. The summed E-state index contributed by atoms with van der Waals surface area (Å²) in [5.74, 6) is -0.861. The molecule has 166 valence electrons. The van der Waals surface area contributed by atoms with Gasteiger partial charge in [-0.15, -0.1) is 0 Å². The third-order valence-corrected chi connectivity index (χ3v) is 5.90. The normalized spacial score (nSPS) is 16.1. The Morgan fingerprint density at radius 3 is 2.65 bits per heavy atom. The van der Waals surface area contributed by atoms with E-state index in [1.54, 1.807) is 18.7 Å². The number of amides is 2. The Kier molecular flexibility index (Phi) is 7.50. The number of H-pyrrole nitrogens is 1. The molecule has 0 aliphatic carbocycles. The molecule has 2 aromatic rings. The largest absolute Gasteiger partial charge is 0.465 e. The van der Waals surface area contributed by atoms with Crippen LogP contribution in [0.1, 0.15) is 56.9 Å². The molecule has 0 saturated carbocycles. The Morgan fingerprint density at radius 1 is 1.19 bits per heavy atom. The van der Waals surface area contributed by atoms with Crippen LogP contribution in [0.4, 0.5) is 0 Å². The Bertz CT molecular complexity index is 936. The lowest BCUT2D eigenvalue weighted by atomic mass is 9.96. The van der Waals surface area contributed by atoms with Crippen LogP contribution in [0.25, 0.3) is 0 Å². The molecule has 1 unspecified atom stereocenters.